The maximum Gasteiger partial charge on any atom is 0.329 e. The number of thiophene rings is 1. The Morgan fingerprint density at radius 3 is 2.60 bits per heavy atom. The Morgan fingerprint density at radius 1 is 1.45 bits per heavy atom. The van der Waals surface area contributed by atoms with E-state index < -0.39 is 11.1 Å². The van der Waals surface area contributed by atoms with Gasteiger partial charge in [0.25, 0.3) is 0 Å². The van der Waals surface area contributed by atoms with Crippen LogP contribution in [0.3, 0.4) is 0 Å². The van der Waals surface area contributed by atoms with Crippen LogP contribution in [0.15, 0.2) is 17.5 Å². The zero-order valence-corrected chi connectivity index (χ0v) is 13.6. The van der Waals surface area contributed by atoms with E-state index in [1.807, 2.05) is 39.1 Å². The van der Waals surface area contributed by atoms with Gasteiger partial charge in [-0.15, -0.1) is 11.3 Å². The van der Waals surface area contributed by atoms with E-state index in [1.165, 1.54) is 12.0 Å². The number of nitrogens with one attached hydrogen (secondary N) is 1. The van der Waals surface area contributed by atoms with Gasteiger partial charge < -0.3 is 9.47 Å². The second-order valence-electron chi connectivity index (χ2n) is 6.38. The lowest BCUT2D eigenvalue weighted by Crippen LogP contribution is -2.62. The molecule has 1 atom stereocenters. The SMILES string of the molecule is COC(=O)C1(NCc2cccs2)CC(C)(C)OC1(C)C. The summed E-state index contributed by atoms with van der Waals surface area (Å²) in [6.07, 6.45) is 0.588. The van der Waals surface area contributed by atoms with Gasteiger partial charge in [0, 0.05) is 17.8 Å². The summed E-state index contributed by atoms with van der Waals surface area (Å²) in [6, 6.07) is 4.06. The van der Waals surface area contributed by atoms with Gasteiger partial charge in [0.1, 0.15) is 5.54 Å². The van der Waals surface area contributed by atoms with Crippen LogP contribution >= 0.6 is 11.3 Å². The van der Waals surface area contributed by atoms with Crippen LogP contribution in [0.2, 0.25) is 0 Å². The van der Waals surface area contributed by atoms with Crippen molar-refractivity contribution in [1.82, 2.24) is 5.32 Å². The van der Waals surface area contributed by atoms with Crippen molar-refractivity contribution in [2.24, 2.45) is 0 Å². The summed E-state index contributed by atoms with van der Waals surface area (Å²) in [7, 11) is 1.43. The summed E-state index contributed by atoms with van der Waals surface area (Å²) in [5.74, 6) is -0.260. The standard InChI is InChI=1S/C15H23NO3S/c1-13(2)10-15(12(17)18-5,14(3,4)19-13)16-9-11-7-6-8-20-11/h6-8,16H,9-10H2,1-5H3. The molecule has 1 aromatic rings. The van der Waals surface area contributed by atoms with Gasteiger partial charge in [0.15, 0.2) is 0 Å². The maximum absolute atomic E-state index is 12.4. The molecule has 1 aromatic heterocycles. The summed E-state index contributed by atoms with van der Waals surface area (Å²) in [5, 5.41) is 5.43. The monoisotopic (exact) mass is 297 g/mol. The minimum absolute atomic E-state index is 0.260. The largest absolute Gasteiger partial charge is 0.468 e. The number of hydrogen-bond acceptors (Lipinski definition) is 5. The van der Waals surface area contributed by atoms with Crippen LogP contribution in [0.1, 0.15) is 39.0 Å². The Hall–Kier alpha value is -0.910. The molecule has 1 aliphatic heterocycles. The zero-order valence-electron chi connectivity index (χ0n) is 12.8. The molecule has 1 N–H and O–H groups in total. The Bertz CT molecular complexity index is 481. The Labute approximate surface area is 124 Å². The lowest BCUT2D eigenvalue weighted by Gasteiger charge is -2.37. The lowest BCUT2D eigenvalue weighted by atomic mass is 9.79. The Balaban J connectivity index is 2.29. The maximum atomic E-state index is 12.4. The van der Waals surface area contributed by atoms with Gasteiger partial charge in [-0.3, -0.25) is 5.32 Å². The fraction of sp³-hybridized carbons (Fsp3) is 0.667. The molecular formula is C15H23NO3S. The predicted molar refractivity (Wildman–Crippen MR) is 79.8 cm³/mol. The van der Waals surface area contributed by atoms with Crippen molar-refractivity contribution < 1.29 is 14.3 Å². The molecule has 0 spiro atoms. The average molecular weight is 297 g/mol. The molecule has 112 valence electrons. The quantitative estimate of drug-likeness (QED) is 0.868. The van der Waals surface area contributed by atoms with Crippen LogP contribution < -0.4 is 5.32 Å². The molecule has 1 fully saturated rings. The van der Waals surface area contributed by atoms with Crippen molar-refractivity contribution >= 4 is 17.3 Å². The zero-order chi connectivity index (χ0) is 15.0. The molecule has 0 aliphatic carbocycles. The molecule has 2 heterocycles. The smallest absolute Gasteiger partial charge is 0.329 e. The fourth-order valence-electron chi connectivity index (χ4n) is 3.16. The number of esters is 1. The van der Waals surface area contributed by atoms with E-state index in [0.717, 1.165) is 0 Å². The Morgan fingerprint density at radius 2 is 2.15 bits per heavy atom. The number of carbonyl (C=O) groups is 1. The van der Waals surface area contributed by atoms with E-state index in [-0.39, 0.29) is 11.6 Å². The highest BCUT2D eigenvalue weighted by Crippen LogP contribution is 2.45. The molecule has 1 saturated heterocycles. The second kappa shape index (κ2) is 5.13. The third-order valence-corrected chi connectivity index (χ3v) is 4.80. The minimum atomic E-state index is -0.824. The van der Waals surface area contributed by atoms with E-state index >= 15 is 0 Å². The molecule has 0 aromatic carbocycles. The normalized spacial score (nSPS) is 27.4. The van der Waals surface area contributed by atoms with Crippen LogP contribution in [0.5, 0.6) is 0 Å². The summed E-state index contributed by atoms with van der Waals surface area (Å²) in [4.78, 5) is 13.6. The van der Waals surface area contributed by atoms with Gasteiger partial charge >= 0.3 is 5.97 Å². The molecule has 1 aliphatic rings. The van der Waals surface area contributed by atoms with Gasteiger partial charge in [-0.2, -0.15) is 0 Å². The highest BCUT2D eigenvalue weighted by Gasteiger charge is 2.62. The van der Waals surface area contributed by atoms with E-state index in [2.05, 4.69) is 11.4 Å². The average Bonchev–Trinajstić information content (AvgIpc) is 2.90. The highest BCUT2D eigenvalue weighted by molar-refractivity contribution is 7.09. The first kappa shape index (κ1) is 15.5. The third kappa shape index (κ3) is 2.62. The summed E-state index contributed by atoms with van der Waals surface area (Å²) in [6.45, 7) is 8.54. The van der Waals surface area contributed by atoms with Crippen molar-refractivity contribution in [2.75, 3.05) is 7.11 Å². The molecule has 1 unspecified atom stereocenters. The van der Waals surface area contributed by atoms with Gasteiger partial charge in [-0.1, -0.05) is 6.07 Å². The van der Waals surface area contributed by atoms with Crippen molar-refractivity contribution in [3.63, 3.8) is 0 Å². The first-order chi connectivity index (χ1) is 9.22. The highest BCUT2D eigenvalue weighted by atomic mass is 32.1. The summed E-state index contributed by atoms with van der Waals surface area (Å²) in [5.41, 5.74) is -1.81. The van der Waals surface area contributed by atoms with Crippen LogP contribution in [0, 0.1) is 0 Å². The summed E-state index contributed by atoms with van der Waals surface area (Å²) >= 11 is 1.67. The van der Waals surface area contributed by atoms with Crippen molar-refractivity contribution in [1.29, 1.82) is 0 Å². The van der Waals surface area contributed by atoms with Gasteiger partial charge in [0.2, 0.25) is 0 Å². The molecule has 4 nitrogen and oxygen atoms in total. The molecule has 0 saturated carbocycles. The first-order valence-electron chi connectivity index (χ1n) is 6.78. The van der Waals surface area contributed by atoms with Crippen molar-refractivity contribution in [2.45, 2.75) is 57.4 Å². The molecule has 2 rings (SSSR count). The number of hydrogen-bond donors (Lipinski definition) is 1. The van der Waals surface area contributed by atoms with E-state index in [0.29, 0.717) is 13.0 Å². The molecular weight excluding hydrogens is 274 g/mol. The third-order valence-electron chi connectivity index (χ3n) is 3.93. The molecule has 5 heteroatoms. The first-order valence-corrected chi connectivity index (χ1v) is 7.66. The molecule has 0 bridgehead atoms. The summed E-state index contributed by atoms with van der Waals surface area (Å²) < 4.78 is 11.1. The van der Waals surface area contributed by atoms with Crippen molar-refractivity contribution in [3.8, 4) is 0 Å². The van der Waals surface area contributed by atoms with E-state index in [4.69, 9.17) is 9.47 Å². The van der Waals surface area contributed by atoms with Gasteiger partial charge in [0.05, 0.1) is 18.3 Å². The second-order valence-corrected chi connectivity index (χ2v) is 7.41. The fourth-order valence-corrected chi connectivity index (χ4v) is 3.80. The number of methoxy groups -OCH3 is 1. The minimum Gasteiger partial charge on any atom is -0.468 e. The predicted octanol–water partition coefficient (Wildman–Crippen LogP) is 2.73. The topological polar surface area (TPSA) is 47.6 Å². The van der Waals surface area contributed by atoms with Crippen LogP contribution in [-0.4, -0.2) is 29.8 Å². The van der Waals surface area contributed by atoms with Crippen LogP contribution in [-0.2, 0) is 20.8 Å². The number of ether oxygens (including phenoxy) is 2. The van der Waals surface area contributed by atoms with E-state index in [1.54, 1.807) is 11.3 Å². The van der Waals surface area contributed by atoms with Crippen molar-refractivity contribution in [3.05, 3.63) is 22.4 Å². The number of rotatable bonds is 4. The molecule has 20 heavy (non-hydrogen) atoms. The van der Waals surface area contributed by atoms with Gasteiger partial charge in [-0.25, -0.2) is 4.79 Å². The van der Waals surface area contributed by atoms with Gasteiger partial charge in [-0.05, 0) is 39.1 Å². The lowest BCUT2D eigenvalue weighted by molar-refractivity contribution is -0.157. The number of carbonyl (C=O) groups excluding carboxylic acids is 1. The molecule has 0 amide bonds. The molecule has 0 radical (unpaired) electrons. The van der Waals surface area contributed by atoms with Crippen LogP contribution in [0.4, 0.5) is 0 Å². The van der Waals surface area contributed by atoms with E-state index in [9.17, 15) is 4.79 Å². The van der Waals surface area contributed by atoms with Crippen LogP contribution in [0.25, 0.3) is 0 Å². The Kier molecular flexibility index (Phi) is 3.97.